The van der Waals surface area contributed by atoms with Gasteiger partial charge in [-0.15, -0.1) is 0 Å². The van der Waals surface area contributed by atoms with Crippen molar-refractivity contribution in [3.63, 3.8) is 0 Å². The smallest absolute Gasteiger partial charge is 0.166 e. The van der Waals surface area contributed by atoms with Crippen LogP contribution in [0.4, 0.5) is 0 Å². The molecule has 0 atom stereocenters. The molecule has 0 bridgehead atoms. The minimum Gasteiger partial charge on any atom is -0.497 e. The van der Waals surface area contributed by atoms with Crippen LogP contribution in [0.15, 0.2) is 41.6 Å². The number of aromatic amines is 1. The summed E-state index contributed by atoms with van der Waals surface area (Å²) < 4.78 is 10.6. The second-order valence-electron chi connectivity index (χ2n) is 4.90. The van der Waals surface area contributed by atoms with E-state index in [1.54, 1.807) is 32.0 Å². The molecule has 1 N–H and O–H groups in total. The fraction of sp³-hybridized carbons (Fsp3) is 0.176. The Bertz CT molecular complexity index is 845. The van der Waals surface area contributed by atoms with Crippen LogP contribution in [0.3, 0.4) is 0 Å². The Hall–Kier alpha value is -2.47. The summed E-state index contributed by atoms with van der Waals surface area (Å²) in [6, 6.07) is 11.1. The van der Waals surface area contributed by atoms with Crippen LogP contribution in [0, 0.1) is 0 Å². The van der Waals surface area contributed by atoms with E-state index >= 15 is 0 Å². The number of benzene rings is 2. The molecule has 0 fully saturated rings. The van der Waals surface area contributed by atoms with Crippen LogP contribution in [0.25, 0.3) is 11.0 Å². The zero-order valence-corrected chi connectivity index (χ0v) is 13.6. The molecule has 5 nitrogen and oxygen atoms in total. The predicted octanol–water partition coefficient (Wildman–Crippen LogP) is 3.68. The van der Waals surface area contributed by atoms with Gasteiger partial charge in [0.2, 0.25) is 0 Å². The van der Waals surface area contributed by atoms with Crippen LogP contribution in [0.2, 0.25) is 0 Å². The minimum absolute atomic E-state index is 0.635. The summed E-state index contributed by atoms with van der Waals surface area (Å²) in [5.41, 5.74) is 3.42. The van der Waals surface area contributed by atoms with E-state index in [0.29, 0.717) is 11.3 Å². The first-order chi connectivity index (χ1) is 11.2. The number of rotatable bonds is 6. The van der Waals surface area contributed by atoms with E-state index in [0.717, 1.165) is 39.5 Å². The minimum atomic E-state index is 0.635. The van der Waals surface area contributed by atoms with Crippen molar-refractivity contribution in [2.45, 2.75) is 10.9 Å². The maximum absolute atomic E-state index is 10.9. The fourth-order valence-corrected chi connectivity index (χ4v) is 3.15. The van der Waals surface area contributed by atoms with Crippen LogP contribution in [0.1, 0.15) is 15.9 Å². The van der Waals surface area contributed by atoms with Crippen molar-refractivity contribution in [2.24, 2.45) is 0 Å². The van der Waals surface area contributed by atoms with Crippen molar-refractivity contribution >= 4 is 29.1 Å². The highest BCUT2D eigenvalue weighted by Crippen LogP contribution is 2.29. The summed E-state index contributed by atoms with van der Waals surface area (Å²) in [7, 11) is 3.26. The maximum atomic E-state index is 10.9. The predicted molar refractivity (Wildman–Crippen MR) is 90.6 cm³/mol. The van der Waals surface area contributed by atoms with E-state index < -0.39 is 0 Å². The second kappa shape index (κ2) is 6.75. The third-order valence-corrected chi connectivity index (χ3v) is 4.39. The normalized spacial score (nSPS) is 10.7. The summed E-state index contributed by atoms with van der Waals surface area (Å²) >= 11 is 1.56. The third-order valence-electron chi connectivity index (χ3n) is 3.47. The van der Waals surface area contributed by atoms with E-state index in [4.69, 9.17) is 9.47 Å². The Morgan fingerprint density at radius 2 is 2.04 bits per heavy atom. The first-order valence-corrected chi connectivity index (χ1v) is 8.00. The van der Waals surface area contributed by atoms with Gasteiger partial charge in [0.1, 0.15) is 17.8 Å². The number of imidazole rings is 1. The van der Waals surface area contributed by atoms with E-state index in [-0.39, 0.29) is 0 Å². The monoisotopic (exact) mass is 328 g/mol. The third kappa shape index (κ3) is 3.32. The lowest BCUT2D eigenvalue weighted by Crippen LogP contribution is -1.93. The van der Waals surface area contributed by atoms with Gasteiger partial charge in [0.25, 0.3) is 0 Å². The summed E-state index contributed by atoms with van der Waals surface area (Å²) in [6.07, 6.45) is 0.834. The highest BCUT2D eigenvalue weighted by atomic mass is 32.2. The molecule has 0 amide bonds. The Morgan fingerprint density at radius 1 is 1.17 bits per heavy atom. The molecule has 0 aliphatic carbocycles. The van der Waals surface area contributed by atoms with Gasteiger partial charge in [-0.3, -0.25) is 4.79 Å². The number of methoxy groups -OCH3 is 2. The SMILES string of the molecule is COc1ccc2nc(SCc3cc(C=O)ccc3OC)[nH]c2c1. The number of nitrogens with zero attached hydrogens (tertiary/aromatic N) is 1. The fourth-order valence-electron chi connectivity index (χ4n) is 2.29. The van der Waals surface area contributed by atoms with Crippen molar-refractivity contribution in [3.8, 4) is 11.5 Å². The highest BCUT2D eigenvalue weighted by molar-refractivity contribution is 7.98. The number of aromatic nitrogens is 2. The number of hydrogen-bond donors (Lipinski definition) is 1. The molecule has 3 rings (SSSR count). The molecule has 0 spiro atoms. The molecule has 23 heavy (non-hydrogen) atoms. The van der Waals surface area contributed by atoms with Gasteiger partial charge in [0.15, 0.2) is 5.16 Å². The quantitative estimate of drug-likeness (QED) is 0.552. The molecule has 0 aliphatic heterocycles. The van der Waals surface area contributed by atoms with Gasteiger partial charge in [-0.25, -0.2) is 4.98 Å². The zero-order chi connectivity index (χ0) is 16.2. The van der Waals surface area contributed by atoms with Gasteiger partial charge in [-0.2, -0.15) is 0 Å². The Kier molecular flexibility index (Phi) is 4.52. The Labute approximate surface area is 138 Å². The number of hydrogen-bond acceptors (Lipinski definition) is 5. The zero-order valence-electron chi connectivity index (χ0n) is 12.8. The summed E-state index contributed by atoms with van der Waals surface area (Å²) in [6.45, 7) is 0. The van der Waals surface area contributed by atoms with Crippen LogP contribution < -0.4 is 9.47 Å². The van der Waals surface area contributed by atoms with Crippen LogP contribution >= 0.6 is 11.8 Å². The number of carbonyl (C=O) groups is 1. The average molecular weight is 328 g/mol. The van der Waals surface area contributed by atoms with Gasteiger partial charge in [0, 0.05) is 22.9 Å². The van der Waals surface area contributed by atoms with E-state index in [2.05, 4.69) is 9.97 Å². The first kappa shape index (κ1) is 15.4. The molecule has 0 unspecified atom stereocenters. The van der Waals surface area contributed by atoms with Crippen molar-refractivity contribution in [3.05, 3.63) is 47.5 Å². The Morgan fingerprint density at radius 3 is 2.78 bits per heavy atom. The molecule has 0 saturated heterocycles. The molecule has 3 aromatic rings. The first-order valence-electron chi connectivity index (χ1n) is 7.02. The lowest BCUT2D eigenvalue weighted by Gasteiger charge is -2.07. The van der Waals surface area contributed by atoms with Crippen LogP contribution in [-0.4, -0.2) is 30.5 Å². The number of fused-ring (bicyclic) bond motifs is 1. The van der Waals surface area contributed by atoms with Crippen LogP contribution in [-0.2, 0) is 5.75 Å². The van der Waals surface area contributed by atoms with Crippen molar-refractivity contribution in [1.29, 1.82) is 0 Å². The van der Waals surface area contributed by atoms with Gasteiger partial charge in [0.05, 0.1) is 25.3 Å². The molecule has 1 aromatic heterocycles. The molecule has 2 aromatic carbocycles. The summed E-state index contributed by atoms with van der Waals surface area (Å²) in [5, 5.41) is 0.812. The number of carbonyl (C=O) groups excluding carboxylic acids is 1. The van der Waals surface area contributed by atoms with E-state index in [9.17, 15) is 4.79 Å². The average Bonchev–Trinajstić information content (AvgIpc) is 3.01. The van der Waals surface area contributed by atoms with Gasteiger partial charge >= 0.3 is 0 Å². The molecule has 0 aliphatic rings. The van der Waals surface area contributed by atoms with Crippen molar-refractivity contribution in [2.75, 3.05) is 14.2 Å². The van der Waals surface area contributed by atoms with E-state index in [1.165, 1.54) is 0 Å². The Balaban J connectivity index is 1.81. The van der Waals surface area contributed by atoms with Gasteiger partial charge < -0.3 is 14.5 Å². The van der Waals surface area contributed by atoms with Crippen LogP contribution in [0.5, 0.6) is 11.5 Å². The summed E-state index contributed by atoms with van der Waals surface area (Å²) in [5.74, 6) is 2.21. The number of nitrogens with one attached hydrogen (secondary N) is 1. The highest BCUT2D eigenvalue weighted by Gasteiger charge is 2.08. The standard InChI is InChI=1S/C17H16N2O3S/c1-21-13-4-5-14-15(8-13)19-17(18-14)23-10-12-7-11(9-20)3-6-16(12)22-2/h3-9H,10H2,1-2H3,(H,18,19). The maximum Gasteiger partial charge on any atom is 0.166 e. The number of aldehydes is 1. The number of H-pyrrole nitrogens is 1. The number of thioether (sulfide) groups is 1. The van der Waals surface area contributed by atoms with Crippen molar-refractivity contribution in [1.82, 2.24) is 9.97 Å². The van der Waals surface area contributed by atoms with Gasteiger partial charge in [-0.05, 0) is 30.3 Å². The van der Waals surface area contributed by atoms with E-state index in [1.807, 2.05) is 30.3 Å². The molecule has 0 saturated carbocycles. The van der Waals surface area contributed by atoms with Gasteiger partial charge in [-0.1, -0.05) is 11.8 Å². The topological polar surface area (TPSA) is 64.2 Å². The molecule has 118 valence electrons. The molecule has 6 heteroatoms. The largest absolute Gasteiger partial charge is 0.497 e. The lowest BCUT2D eigenvalue weighted by atomic mass is 10.1. The molecule has 0 radical (unpaired) electrons. The molecular weight excluding hydrogens is 312 g/mol. The molecule has 1 heterocycles. The molecular formula is C17H16N2O3S. The van der Waals surface area contributed by atoms with Crippen molar-refractivity contribution < 1.29 is 14.3 Å². The lowest BCUT2D eigenvalue weighted by molar-refractivity contribution is 0.112. The second-order valence-corrected chi connectivity index (χ2v) is 5.87. The number of ether oxygens (including phenoxy) is 2. The summed E-state index contributed by atoms with van der Waals surface area (Å²) in [4.78, 5) is 18.7.